The Bertz CT molecular complexity index is 1060. The van der Waals surface area contributed by atoms with Crippen LogP contribution in [0.2, 0.25) is 0 Å². The Morgan fingerprint density at radius 2 is 1.73 bits per heavy atom. The fourth-order valence-electron chi connectivity index (χ4n) is 2.87. The van der Waals surface area contributed by atoms with E-state index in [1.54, 1.807) is 17.0 Å². The highest BCUT2D eigenvalue weighted by Gasteiger charge is 2.25. The highest BCUT2D eigenvalue weighted by Crippen LogP contribution is 2.43. The lowest BCUT2D eigenvalue weighted by atomic mass is 10.1. The Kier molecular flexibility index (Phi) is 6.69. The van der Waals surface area contributed by atoms with E-state index in [2.05, 4.69) is 0 Å². The number of aryl methyl sites for hydroxylation is 1. The lowest BCUT2D eigenvalue weighted by Crippen LogP contribution is -2.31. The lowest BCUT2D eigenvalue weighted by molar-refractivity contribution is 0.0987. The summed E-state index contributed by atoms with van der Waals surface area (Å²) in [4.78, 5) is 27.0. The number of allylic oxidation sites excluding steroid dienone is 1. The minimum atomic E-state index is -1.41. The van der Waals surface area contributed by atoms with Gasteiger partial charge in [0.25, 0.3) is 5.91 Å². The fourth-order valence-corrected chi connectivity index (χ4v) is 3.88. The third kappa shape index (κ3) is 5.15. The van der Waals surface area contributed by atoms with Crippen LogP contribution in [0.1, 0.15) is 29.8 Å². The SMILES string of the molecule is CC(C)=CCN(C(=O)c1ccc(C)cc1)c1cc(-c2ccccc2)sc1OC(=O)O. The molecule has 5 nitrogen and oxygen atoms in total. The molecule has 1 heterocycles. The lowest BCUT2D eigenvalue weighted by Gasteiger charge is -2.21. The third-order valence-electron chi connectivity index (χ3n) is 4.43. The van der Waals surface area contributed by atoms with E-state index in [-0.39, 0.29) is 11.0 Å². The Morgan fingerprint density at radius 3 is 2.33 bits per heavy atom. The summed E-state index contributed by atoms with van der Waals surface area (Å²) in [6.07, 6.45) is 0.513. The van der Waals surface area contributed by atoms with Crippen LogP contribution in [0.15, 0.2) is 72.3 Å². The van der Waals surface area contributed by atoms with Crippen molar-refractivity contribution in [1.29, 1.82) is 0 Å². The number of carbonyl (C=O) groups excluding carboxylic acids is 1. The second-order valence-corrected chi connectivity index (χ2v) is 8.10. The molecule has 0 radical (unpaired) electrons. The number of hydrogen-bond donors (Lipinski definition) is 1. The summed E-state index contributed by atoms with van der Waals surface area (Å²) >= 11 is 1.20. The smallest absolute Gasteiger partial charge is 0.449 e. The summed E-state index contributed by atoms with van der Waals surface area (Å²) in [5.41, 5.74) is 3.99. The van der Waals surface area contributed by atoms with Crippen LogP contribution >= 0.6 is 11.3 Å². The zero-order valence-electron chi connectivity index (χ0n) is 17.1. The van der Waals surface area contributed by atoms with Crippen molar-refractivity contribution in [3.8, 4) is 15.5 Å². The molecule has 0 spiro atoms. The highest BCUT2D eigenvalue weighted by atomic mass is 32.1. The van der Waals surface area contributed by atoms with E-state index >= 15 is 0 Å². The number of ether oxygens (including phenoxy) is 1. The van der Waals surface area contributed by atoms with Crippen LogP contribution in [0.5, 0.6) is 5.06 Å². The number of thiophene rings is 1. The number of benzene rings is 2. The Balaban J connectivity index is 2.09. The first-order valence-electron chi connectivity index (χ1n) is 9.47. The molecule has 0 aliphatic rings. The fraction of sp³-hybridized carbons (Fsp3) is 0.167. The van der Waals surface area contributed by atoms with Crippen molar-refractivity contribution < 1.29 is 19.4 Å². The molecule has 3 aromatic rings. The number of hydrogen-bond acceptors (Lipinski definition) is 4. The average molecular weight is 422 g/mol. The average Bonchev–Trinajstić information content (AvgIpc) is 3.12. The van der Waals surface area contributed by atoms with Crippen LogP contribution in [-0.4, -0.2) is 23.7 Å². The maximum absolute atomic E-state index is 13.4. The van der Waals surface area contributed by atoms with Crippen molar-refractivity contribution in [3.05, 3.63) is 83.4 Å². The van der Waals surface area contributed by atoms with Gasteiger partial charge >= 0.3 is 6.16 Å². The van der Waals surface area contributed by atoms with Gasteiger partial charge in [0.1, 0.15) is 0 Å². The van der Waals surface area contributed by atoms with Gasteiger partial charge in [0, 0.05) is 17.0 Å². The predicted molar refractivity (Wildman–Crippen MR) is 121 cm³/mol. The van der Waals surface area contributed by atoms with Gasteiger partial charge in [-0.1, -0.05) is 71.0 Å². The molecule has 0 aliphatic carbocycles. The van der Waals surface area contributed by atoms with Gasteiger partial charge in [-0.15, -0.1) is 0 Å². The molecule has 0 atom stereocenters. The molecule has 1 aromatic heterocycles. The second kappa shape index (κ2) is 9.41. The minimum absolute atomic E-state index is 0.170. The number of anilines is 1. The molecule has 1 amide bonds. The minimum Gasteiger partial charge on any atom is -0.449 e. The molecule has 154 valence electrons. The molecule has 1 N–H and O–H groups in total. The van der Waals surface area contributed by atoms with E-state index in [9.17, 15) is 14.7 Å². The zero-order chi connectivity index (χ0) is 21.7. The van der Waals surface area contributed by atoms with Gasteiger partial charge in [0.05, 0.1) is 5.69 Å². The van der Waals surface area contributed by atoms with Crippen molar-refractivity contribution in [2.75, 3.05) is 11.4 Å². The van der Waals surface area contributed by atoms with E-state index in [0.717, 1.165) is 21.6 Å². The van der Waals surface area contributed by atoms with Crippen LogP contribution in [0.25, 0.3) is 10.4 Å². The first kappa shape index (κ1) is 21.3. The Hall–Kier alpha value is -3.38. The molecule has 0 saturated carbocycles. The van der Waals surface area contributed by atoms with Crippen LogP contribution < -0.4 is 9.64 Å². The monoisotopic (exact) mass is 421 g/mol. The van der Waals surface area contributed by atoms with E-state index in [0.29, 0.717) is 17.8 Å². The molecular weight excluding hydrogens is 398 g/mol. The summed E-state index contributed by atoms with van der Waals surface area (Å²) < 4.78 is 5.06. The van der Waals surface area contributed by atoms with Crippen LogP contribution in [0.3, 0.4) is 0 Å². The van der Waals surface area contributed by atoms with Gasteiger partial charge in [-0.2, -0.15) is 0 Å². The molecule has 30 heavy (non-hydrogen) atoms. The van der Waals surface area contributed by atoms with Gasteiger partial charge < -0.3 is 14.7 Å². The number of nitrogens with zero attached hydrogens (tertiary/aromatic N) is 1. The van der Waals surface area contributed by atoms with Gasteiger partial charge in [-0.05, 0) is 44.5 Å². The molecule has 0 aliphatic heterocycles. The first-order chi connectivity index (χ1) is 14.3. The highest BCUT2D eigenvalue weighted by molar-refractivity contribution is 7.18. The normalized spacial score (nSPS) is 10.4. The number of carboxylic acid groups (broad SMARTS) is 1. The van der Waals surface area contributed by atoms with Gasteiger partial charge in [0.15, 0.2) is 0 Å². The molecular formula is C24H23NO4S. The van der Waals surface area contributed by atoms with Gasteiger partial charge in [-0.25, -0.2) is 4.79 Å². The Morgan fingerprint density at radius 1 is 1.07 bits per heavy atom. The maximum atomic E-state index is 13.4. The molecule has 0 fully saturated rings. The molecule has 0 saturated heterocycles. The summed E-state index contributed by atoms with van der Waals surface area (Å²) in [6.45, 7) is 6.16. The second-order valence-electron chi connectivity index (χ2n) is 7.08. The van der Waals surface area contributed by atoms with Crippen molar-refractivity contribution in [1.82, 2.24) is 0 Å². The maximum Gasteiger partial charge on any atom is 0.512 e. The number of carbonyl (C=O) groups is 2. The molecule has 2 aromatic carbocycles. The van der Waals surface area contributed by atoms with Crippen molar-refractivity contribution >= 4 is 29.1 Å². The summed E-state index contributed by atoms with van der Waals surface area (Å²) in [6, 6.07) is 18.7. The standard InChI is InChI=1S/C24H23NO4S/c1-16(2)13-14-25(22(26)19-11-9-17(3)10-12-19)20-15-21(18-7-5-4-6-8-18)30-23(20)29-24(27)28/h4-13,15H,14H2,1-3H3,(H,27,28). The van der Waals surface area contributed by atoms with Gasteiger partial charge in [0.2, 0.25) is 5.06 Å². The predicted octanol–water partition coefficient (Wildman–Crippen LogP) is 6.39. The number of rotatable bonds is 6. The third-order valence-corrected chi connectivity index (χ3v) is 5.49. The van der Waals surface area contributed by atoms with Crippen LogP contribution in [-0.2, 0) is 0 Å². The summed E-state index contributed by atoms with van der Waals surface area (Å²) in [5, 5.41) is 9.40. The van der Waals surface area contributed by atoms with Crippen LogP contribution in [0, 0.1) is 6.92 Å². The largest absolute Gasteiger partial charge is 0.512 e. The van der Waals surface area contributed by atoms with Crippen molar-refractivity contribution in [2.45, 2.75) is 20.8 Å². The molecule has 6 heteroatoms. The van der Waals surface area contributed by atoms with Gasteiger partial charge in [-0.3, -0.25) is 4.79 Å². The van der Waals surface area contributed by atoms with Crippen LogP contribution in [0.4, 0.5) is 10.5 Å². The summed E-state index contributed by atoms with van der Waals surface area (Å²) in [7, 11) is 0. The Labute approximate surface area is 179 Å². The van der Waals surface area contributed by atoms with Crippen molar-refractivity contribution in [2.24, 2.45) is 0 Å². The van der Waals surface area contributed by atoms with E-state index in [1.165, 1.54) is 11.3 Å². The van der Waals surface area contributed by atoms with E-state index in [1.807, 2.05) is 75.4 Å². The topological polar surface area (TPSA) is 66.8 Å². The van der Waals surface area contributed by atoms with Crippen molar-refractivity contribution in [3.63, 3.8) is 0 Å². The molecule has 3 rings (SSSR count). The summed E-state index contributed by atoms with van der Waals surface area (Å²) in [5.74, 6) is -0.222. The van der Waals surface area contributed by atoms with E-state index < -0.39 is 6.16 Å². The quantitative estimate of drug-likeness (QED) is 0.370. The zero-order valence-corrected chi connectivity index (χ0v) is 17.9. The molecule has 0 bridgehead atoms. The van der Waals surface area contributed by atoms with E-state index in [4.69, 9.17) is 4.74 Å². The molecule has 0 unspecified atom stereocenters. The number of amides is 1. The first-order valence-corrected chi connectivity index (χ1v) is 10.3.